The highest BCUT2D eigenvalue weighted by Crippen LogP contribution is 2.41. The van der Waals surface area contributed by atoms with E-state index in [1.165, 1.54) is 0 Å². The second-order valence-electron chi connectivity index (χ2n) is 7.57. The van der Waals surface area contributed by atoms with Gasteiger partial charge in [0, 0.05) is 24.0 Å². The maximum absolute atomic E-state index is 12.0. The number of carbonyl (C=O) groups is 2. The van der Waals surface area contributed by atoms with E-state index in [0.29, 0.717) is 36.6 Å². The molecule has 1 amide bonds. The Hall–Kier alpha value is -3.02. The largest absolute Gasteiger partial charge is 0.488 e. The van der Waals surface area contributed by atoms with Gasteiger partial charge in [-0.3, -0.25) is 9.59 Å². The molecule has 2 aromatic carbocycles. The van der Waals surface area contributed by atoms with Crippen molar-refractivity contribution in [2.75, 3.05) is 19.8 Å². The van der Waals surface area contributed by atoms with Gasteiger partial charge in [0.2, 0.25) is 0 Å². The summed E-state index contributed by atoms with van der Waals surface area (Å²) in [6, 6.07) is 12.7. The molecule has 6 heteroatoms. The van der Waals surface area contributed by atoms with Crippen LogP contribution in [0.4, 0.5) is 0 Å². The van der Waals surface area contributed by atoms with Crippen molar-refractivity contribution in [3.8, 4) is 17.2 Å². The van der Waals surface area contributed by atoms with Gasteiger partial charge >= 0.3 is 0 Å². The smallest absolute Gasteiger partial charge is 0.258 e. The van der Waals surface area contributed by atoms with Crippen molar-refractivity contribution in [2.45, 2.75) is 39.2 Å². The third-order valence-electron chi connectivity index (χ3n) is 4.60. The summed E-state index contributed by atoms with van der Waals surface area (Å²) in [6.07, 6.45) is 1.31. The van der Waals surface area contributed by atoms with E-state index in [1.54, 1.807) is 24.3 Å². The van der Waals surface area contributed by atoms with Crippen molar-refractivity contribution in [1.29, 1.82) is 0 Å². The van der Waals surface area contributed by atoms with E-state index in [1.807, 2.05) is 39.0 Å². The lowest BCUT2D eigenvalue weighted by molar-refractivity contribution is -0.123. The summed E-state index contributed by atoms with van der Waals surface area (Å²) in [7, 11) is 0. The molecule has 29 heavy (non-hydrogen) atoms. The summed E-state index contributed by atoms with van der Waals surface area (Å²) in [4.78, 5) is 23.6. The highest BCUT2D eigenvalue weighted by Gasteiger charge is 2.32. The van der Waals surface area contributed by atoms with E-state index < -0.39 is 0 Å². The van der Waals surface area contributed by atoms with Gasteiger partial charge < -0.3 is 19.5 Å². The zero-order valence-corrected chi connectivity index (χ0v) is 17.1. The predicted octanol–water partition coefficient (Wildman–Crippen LogP) is 3.57. The first-order valence-corrected chi connectivity index (χ1v) is 9.84. The fourth-order valence-electron chi connectivity index (χ4n) is 3.19. The molecule has 6 nitrogen and oxygen atoms in total. The molecule has 0 saturated carbocycles. The van der Waals surface area contributed by atoms with Gasteiger partial charge in [-0.05, 0) is 44.2 Å². The summed E-state index contributed by atoms with van der Waals surface area (Å²) < 4.78 is 17.2. The third-order valence-corrected chi connectivity index (χ3v) is 4.60. The lowest BCUT2D eigenvalue weighted by atomic mass is 10.0. The Bertz CT molecular complexity index is 873. The minimum Gasteiger partial charge on any atom is -0.488 e. The van der Waals surface area contributed by atoms with Crippen LogP contribution in [0, 0.1) is 0 Å². The van der Waals surface area contributed by atoms with E-state index in [9.17, 15) is 9.59 Å². The topological polar surface area (TPSA) is 73.9 Å². The molecule has 154 valence electrons. The van der Waals surface area contributed by atoms with Gasteiger partial charge in [-0.1, -0.05) is 19.1 Å². The minimum atomic E-state index is -0.238. The lowest BCUT2D eigenvalue weighted by Crippen LogP contribution is -2.32. The van der Waals surface area contributed by atoms with Crippen LogP contribution in [-0.2, 0) is 11.2 Å². The molecular weight excluding hydrogens is 370 g/mol. The first-order valence-electron chi connectivity index (χ1n) is 9.84. The van der Waals surface area contributed by atoms with E-state index in [2.05, 4.69) is 5.32 Å². The molecule has 0 fully saturated rings. The normalized spacial score (nSPS) is 13.9. The molecule has 1 N–H and O–H groups in total. The van der Waals surface area contributed by atoms with E-state index in [-0.39, 0.29) is 23.9 Å². The van der Waals surface area contributed by atoms with Crippen LogP contribution in [0.15, 0.2) is 42.5 Å². The number of ether oxygens (including phenoxy) is 3. The molecule has 0 aliphatic carbocycles. The maximum atomic E-state index is 12.0. The molecule has 1 aliphatic heterocycles. The van der Waals surface area contributed by atoms with E-state index in [0.717, 1.165) is 17.7 Å². The molecule has 0 aromatic heterocycles. The molecule has 0 spiro atoms. The number of fused-ring (bicyclic) bond motifs is 1. The monoisotopic (exact) mass is 397 g/mol. The van der Waals surface area contributed by atoms with Crippen LogP contribution in [-0.4, -0.2) is 37.0 Å². The van der Waals surface area contributed by atoms with Crippen molar-refractivity contribution in [2.24, 2.45) is 0 Å². The molecule has 0 unspecified atom stereocenters. The molecule has 0 atom stereocenters. The summed E-state index contributed by atoms with van der Waals surface area (Å²) in [5.41, 5.74) is 1.55. The SMILES string of the molecule is CCC(=O)c1ccc(OCC(=O)NCCOc2cccc3c2OC(C)(C)C3)cc1. The molecule has 0 radical (unpaired) electrons. The van der Waals surface area contributed by atoms with Crippen molar-refractivity contribution >= 4 is 11.7 Å². The maximum Gasteiger partial charge on any atom is 0.258 e. The van der Waals surface area contributed by atoms with Crippen LogP contribution in [0.1, 0.15) is 43.1 Å². The standard InChI is InChI=1S/C23H27NO5/c1-4-19(25)16-8-10-18(11-9-16)28-15-21(26)24-12-13-27-20-7-5-6-17-14-23(2,3)29-22(17)20/h5-11H,4,12-15H2,1-3H3,(H,24,26). The number of para-hydroxylation sites is 1. The lowest BCUT2D eigenvalue weighted by Gasteiger charge is -2.18. The summed E-state index contributed by atoms with van der Waals surface area (Å²) in [6.45, 7) is 6.51. The quantitative estimate of drug-likeness (QED) is 0.517. The van der Waals surface area contributed by atoms with Crippen LogP contribution in [0.5, 0.6) is 17.2 Å². The van der Waals surface area contributed by atoms with Gasteiger partial charge in [-0.15, -0.1) is 0 Å². The Labute approximate surface area is 171 Å². The Morgan fingerprint density at radius 1 is 1.10 bits per heavy atom. The molecule has 0 bridgehead atoms. The predicted molar refractivity (Wildman–Crippen MR) is 110 cm³/mol. The highest BCUT2D eigenvalue weighted by atomic mass is 16.5. The van der Waals surface area contributed by atoms with Gasteiger partial charge in [0.1, 0.15) is 18.0 Å². The minimum absolute atomic E-state index is 0.0762. The van der Waals surface area contributed by atoms with Gasteiger partial charge in [0.25, 0.3) is 5.91 Å². The van der Waals surface area contributed by atoms with E-state index >= 15 is 0 Å². The number of hydrogen-bond donors (Lipinski definition) is 1. The third kappa shape index (κ3) is 5.50. The van der Waals surface area contributed by atoms with Gasteiger partial charge in [-0.25, -0.2) is 0 Å². The number of nitrogens with one attached hydrogen (secondary N) is 1. The van der Waals surface area contributed by atoms with E-state index in [4.69, 9.17) is 14.2 Å². The number of benzene rings is 2. The Morgan fingerprint density at radius 2 is 1.86 bits per heavy atom. The molecule has 0 saturated heterocycles. The van der Waals surface area contributed by atoms with Gasteiger partial charge in [-0.2, -0.15) is 0 Å². The van der Waals surface area contributed by atoms with Crippen molar-refractivity contribution < 1.29 is 23.8 Å². The average Bonchev–Trinajstić information content (AvgIpc) is 3.04. The van der Waals surface area contributed by atoms with Crippen LogP contribution in [0.2, 0.25) is 0 Å². The second-order valence-corrected chi connectivity index (χ2v) is 7.57. The molecule has 2 aromatic rings. The van der Waals surface area contributed by atoms with Gasteiger partial charge in [0.05, 0.1) is 6.54 Å². The van der Waals surface area contributed by atoms with Crippen LogP contribution < -0.4 is 19.5 Å². The number of ketones is 1. The Kier molecular flexibility index (Phi) is 6.42. The molecule has 3 rings (SSSR count). The first-order chi connectivity index (χ1) is 13.9. The number of carbonyl (C=O) groups excluding carboxylic acids is 2. The summed E-state index contributed by atoms with van der Waals surface area (Å²) >= 11 is 0. The first kappa shape index (κ1) is 20.7. The number of Topliss-reactive ketones (excluding diaryl/α,β-unsaturated/α-hetero) is 1. The number of rotatable bonds is 9. The van der Waals surface area contributed by atoms with Crippen LogP contribution >= 0.6 is 0 Å². The fourth-order valence-corrected chi connectivity index (χ4v) is 3.19. The zero-order chi connectivity index (χ0) is 20.9. The van der Waals surface area contributed by atoms with Crippen molar-refractivity contribution in [3.63, 3.8) is 0 Å². The highest BCUT2D eigenvalue weighted by molar-refractivity contribution is 5.95. The number of hydrogen-bond acceptors (Lipinski definition) is 5. The fraction of sp³-hybridized carbons (Fsp3) is 0.391. The molecule has 1 aliphatic rings. The van der Waals surface area contributed by atoms with Gasteiger partial charge in [0.15, 0.2) is 23.9 Å². The Balaban J connectivity index is 1.39. The average molecular weight is 397 g/mol. The second kappa shape index (κ2) is 8.99. The molecular formula is C23H27NO5. The van der Waals surface area contributed by atoms with Crippen molar-refractivity contribution in [3.05, 3.63) is 53.6 Å². The van der Waals surface area contributed by atoms with Crippen molar-refractivity contribution in [1.82, 2.24) is 5.32 Å². The number of amides is 1. The van der Waals surface area contributed by atoms with Crippen LogP contribution in [0.3, 0.4) is 0 Å². The summed E-state index contributed by atoms with van der Waals surface area (Å²) in [5.74, 6) is 1.87. The van der Waals surface area contributed by atoms with Crippen LogP contribution in [0.25, 0.3) is 0 Å². The zero-order valence-electron chi connectivity index (χ0n) is 17.1. The molecule has 1 heterocycles. The Morgan fingerprint density at radius 3 is 2.59 bits per heavy atom. The summed E-state index contributed by atoms with van der Waals surface area (Å²) in [5, 5.41) is 2.76.